The van der Waals surface area contributed by atoms with Gasteiger partial charge >= 0.3 is 76.3 Å². The number of rotatable bonds is 2. The summed E-state index contributed by atoms with van der Waals surface area (Å²) in [6.07, 6.45) is 0. The predicted molar refractivity (Wildman–Crippen MR) is 46.2 cm³/mol. The summed E-state index contributed by atoms with van der Waals surface area (Å²) in [7, 11) is 1.61. The van der Waals surface area contributed by atoms with E-state index in [4.69, 9.17) is 16.3 Å². The van der Waals surface area contributed by atoms with Crippen molar-refractivity contribution < 1.29 is 4.74 Å². The number of methoxy groups -OCH3 is 1. The first-order valence-electron chi connectivity index (χ1n) is 2.57. The van der Waals surface area contributed by atoms with E-state index in [1.807, 2.05) is 11.4 Å². The van der Waals surface area contributed by atoms with Crippen molar-refractivity contribution in [2.45, 2.75) is 0 Å². The molecule has 1 aromatic heterocycles. The molecule has 0 saturated heterocycles. The van der Waals surface area contributed by atoms with Gasteiger partial charge in [0.15, 0.2) is 0 Å². The number of halogens is 1. The number of thiophene rings is 1. The molecule has 1 aromatic rings. The summed E-state index contributed by atoms with van der Waals surface area (Å²) < 4.78 is 5.71. The summed E-state index contributed by atoms with van der Waals surface area (Å²) in [4.78, 5) is 0.962. The first-order chi connectivity index (χ1) is 4.75. The van der Waals surface area contributed by atoms with Crippen LogP contribution in [0.1, 0.15) is 4.88 Å². The quantitative estimate of drug-likeness (QED) is 0.714. The van der Waals surface area contributed by atoms with Gasteiger partial charge in [-0.05, 0) is 0 Å². The van der Waals surface area contributed by atoms with Crippen LogP contribution in [0.5, 0.6) is 0 Å². The molecular weight excluding hydrogens is 235 g/mol. The molecule has 0 radical (unpaired) electrons. The van der Waals surface area contributed by atoms with Gasteiger partial charge in [-0.25, -0.2) is 0 Å². The molecule has 0 spiro atoms. The summed E-state index contributed by atoms with van der Waals surface area (Å²) in [6, 6.07) is 1.85. The number of hydrogen-bond donors (Lipinski definition) is 0. The first kappa shape index (κ1) is 8.28. The van der Waals surface area contributed by atoms with Crippen LogP contribution in [0.25, 0.3) is 0 Å². The van der Waals surface area contributed by atoms with Gasteiger partial charge in [0.25, 0.3) is 0 Å². The SMILES string of the molecule is COC(=[Se])c1sccc1Cl. The summed E-state index contributed by atoms with van der Waals surface area (Å²) in [5, 5.41) is 2.66. The fraction of sp³-hybridized carbons (Fsp3) is 0.167. The Kier molecular flexibility index (Phi) is 2.93. The molecule has 0 N–H and O–H groups in total. The van der Waals surface area contributed by atoms with E-state index in [0.717, 1.165) is 14.5 Å². The molecule has 1 heterocycles. The van der Waals surface area contributed by atoms with Gasteiger partial charge in [-0.1, -0.05) is 0 Å². The molecule has 0 bridgehead atoms. The zero-order valence-electron chi connectivity index (χ0n) is 5.26. The Hall–Kier alpha value is 0.179. The average Bonchev–Trinajstić information content (AvgIpc) is 2.34. The van der Waals surface area contributed by atoms with E-state index in [1.165, 1.54) is 0 Å². The topological polar surface area (TPSA) is 9.23 Å². The summed E-state index contributed by atoms with van der Waals surface area (Å²) in [6.45, 7) is 0. The van der Waals surface area contributed by atoms with Crippen molar-refractivity contribution in [2.75, 3.05) is 7.11 Å². The van der Waals surface area contributed by atoms with E-state index in [1.54, 1.807) is 18.4 Å². The Morgan fingerprint density at radius 3 is 2.90 bits per heavy atom. The third kappa shape index (κ3) is 1.61. The Morgan fingerprint density at radius 1 is 1.80 bits per heavy atom. The van der Waals surface area contributed by atoms with E-state index in [-0.39, 0.29) is 0 Å². The molecule has 0 aromatic carbocycles. The van der Waals surface area contributed by atoms with Crippen LogP contribution in [-0.4, -0.2) is 27.3 Å². The van der Waals surface area contributed by atoms with Crippen molar-refractivity contribution in [3.05, 3.63) is 21.3 Å². The molecular formula is C6H5ClOSSe. The Bertz CT molecular complexity index is 246. The molecule has 1 rings (SSSR count). The van der Waals surface area contributed by atoms with Gasteiger partial charge in [-0.15, -0.1) is 0 Å². The van der Waals surface area contributed by atoms with Crippen molar-refractivity contribution in [2.24, 2.45) is 0 Å². The Labute approximate surface area is 76.3 Å². The molecule has 0 fully saturated rings. The van der Waals surface area contributed by atoms with E-state index < -0.39 is 0 Å². The summed E-state index contributed by atoms with van der Waals surface area (Å²) in [5.41, 5.74) is 0. The number of hydrogen-bond acceptors (Lipinski definition) is 2. The molecule has 4 heteroatoms. The van der Waals surface area contributed by atoms with Gasteiger partial charge in [0.2, 0.25) is 0 Å². The standard InChI is InChI=1S/C6H5ClOSSe/c1-8-6(10)5-4(7)2-3-9-5/h2-3H,1H3. The molecule has 0 unspecified atom stereocenters. The van der Waals surface area contributed by atoms with Crippen LogP contribution >= 0.6 is 22.9 Å². The fourth-order valence-corrected chi connectivity index (χ4v) is 2.25. The minimum atomic E-state index is 0.737. The third-order valence-electron chi connectivity index (χ3n) is 0.988. The van der Waals surface area contributed by atoms with Gasteiger partial charge < -0.3 is 0 Å². The second-order valence-electron chi connectivity index (χ2n) is 1.59. The Balaban J connectivity index is 2.93. The zero-order valence-corrected chi connectivity index (χ0v) is 8.54. The first-order valence-corrected chi connectivity index (χ1v) is 4.68. The number of ether oxygens (including phenoxy) is 1. The average molecular weight is 240 g/mol. The van der Waals surface area contributed by atoms with Crippen molar-refractivity contribution in [3.8, 4) is 0 Å². The summed E-state index contributed by atoms with van der Waals surface area (Å²) in [5.74, 6) is 0. The summed E-state index contributed by atoms with van der Waals surface area (Å²) >= 11 is 10.2. The van der Waals surface area contributed by atoms with E-state index in [2.05, 4.69) is 15.6 Å². The maximum absolute atomic E-state index is 5.80. The molecule has 1 nitrogen and oxygen atoms in total. The maximum atomic E-state index is 5.80. The third-order valence-corrected chi connectivity index (χ3v) is 3.40. The second-order valence-corrected chi connectivity index (χ2v) is 3.69. The van der Waals surface area contributed by atoms with E-state index in [0.29, 0.717) is 0 Å². The van der Waals surface area contributed by atoms with Crippen LogP contribution < -0.4 is 0 Å². The van der Waals surface area contributed by atoms with Crippen LogP contribution in [0, 0.1) is 0 Å². The molecule has 0 aliphatic rings. The molecule has 0 aliphatic carbocycles. The second kappa shape index (κ2) is 3.54. The molecule has 0 amide bonds. The van der Waals surface area contributed by atoms with E-state index >= 15 is 0 Å². The van der Waals surface area contributed by atoms with Gasteiger partial charge in [-0.3, -0.25) is 0 Å². The van der Waals surface area contributed by atoms with Gasteiger partial charge in [-0.2, -0.15) is 0 Å². The molecule has 0 saturated carbocycles. The molecule has 10 heavy (non-hydrogen) atoms. The zero-order chi connectivity index (χ0) is 7.56. The van der Waals surface area contributed by atoms with Crippen molar-refractivity contribution in [3.63, 3.8) is 0 Å². The van der Waals surface area contributed by atoms with Crippen molar-refractivity contribution in [1.82, 2.24) is 0 Å². The van der Waals surface area contributed by atoms with Gasteiger partial charge in [0.1, 0.15) is 0 Å². The fourth-order valence-electron chi connectivity index (χ4n) is 0.532. The van der Waals surface area contributed by atoms with Crippen LogP contribution in [0.3, 0.4) is 0 Å². The van der Waals surface area contributed by atoms with Crippen LogP contribution in [0.4, 0.5) is 0 Å². The molecule has 0 atom stereocenters. The van der Waals surface area contributed by atoms with Crippen molar-refractivity contribution in [1.29, 1.82) is 0 Å². The van der Waals surface area contributed by atoms with Crippen LogP contribution in [-0.2, 0) is 4.74 Å². The van der Waals surface area contributed by atoms with Crippen LogP contribution in [0.2, 0.25) is 5.02 Å². The van der Waals surface area contributed by atoms with E-state index in [9.17, 15) is 0 Å². The van der Waals surface area contributed by atoms with Gasteiger partial charge in [0, 0.05) is 0 Å². The monoisotopic (exact) mass is 240 g/mol. The minimum absolute atomic E-state index is 0.737. The van der Waals surface area contributed by atoms with Crippen molar-refractivity contribution >= 4 is 43.1 Å². The predicted octanol–water partition coefficient (Wildman–Crippen LogP) is 1.69. The van der Waals surface area contributed by atoms with Crippen LogP contribution in [0.15, 0.2) is 11.4 Å². The molecule has 0 aliphatic heterocycles. The normalized spacial score (nSPS) is 9.40. The Morgan fingerprint density at radius 2 is 2.50 bits per heavy atom. The van der Waals surface area contributed by atoms with Gasteiger partial charge in [0.05, 0.1) is 0 Å². The molecule has 54 valence electrons.